The third-order valence-corrected chi connectivity index (χ3v) is 5.67. The van der Waals surface area contributed by atoms with Gasteiger partial charge < -0.3 is 15.2 Å². The molecule has 6 nitrogen and oxygen atoms in total. The molecule has 0 saturated heterocycles. The van der Waals surface area contributed by atoms with E-state index in [1.54, 1.807) is 31.2 Å². The van der Waals surface area contributed by atoms with Crippen LogP contribution in [0.1, 0.15) is 44.0 Å². The average Bonchev–Trinajstić information content (AvgIpc) is 3.18. The zero-order valence-electron chi connectivity index (χ0n) is 15.8. The highest BCUT2D eigenvalue weighted by Gasteiger charge is 2.57. The SMILES string of the molecule is CCOC(=O)c1ccc(NC(=O)[C@@H]2[C@@H](C(=O)O)[C@@H]3CC[C@@H]2C3=C(C)C)cc1. The number of fused-ring (bicyclic) bond motifs is 2. The molecule has 0 radical (unpaired) electrons. The second-order valence-corrected chi connectivity index (χ2v) is 7.42. The smallest absolute Gasteiger partial charge is 0.338 e. The fourth-order valence-electron chi connectivity index (χ4n) is 4.73. The lowest BCUT2D eigenvalue weighted by Gasteiger charge is -2.26. The summed E-state index contributed by atoms with van der Waals surface area (Å²) < 4.78 is 4.94. The molecule has 0 aliphatic heterocycles. The molecule has 2 aliphatic rings. The number of anilines is 1. The number of esters is 1. The molecule has 0 spiro atoms. The number of hydrogen-bond donors (Lipinski definition) is 2. The highest BCUT2D eigenvalue weighted by molar-refractivity contribution is 5.97. The summed E-state index contributed by atoms with van der Waals surface area (Å²) >= 11 is 0. The molecule has 2 aliphatic carbocycles. The molecule has 0 unspecified atom stereocenters. The summed E-state index contributed by atoms with van der Waals surface area (Å²) in [6, 6.07) is 6.44. The van der Waals surface area contributed by atoms with Gasteiger partial charge in [0.2, 0.25) is 5.91 Å². The lowest BCUT2D eigenvalue weighted by molar-refractivity contribution is -0.148. The van der Waals surface area contributed by atoms with E-state index >= 15 is 0 Å². The van der Waals surface area contributed by atoms with Crippen LogP contribution in [0.4, 0.5) is 5.69 Å². The maximum absolute atomic E-state index is 12.9. The van der Waals surface area contributed by atoms with Crippen molar-refractivity contribution in [2.75, 3.05) is 11.9 Å². The van der Waals surface area contributed by atoms with E-state index in [1.165, 1.54) is 0 Å². The van der Waals surface area contributed by atoms with E-state index < -0.39 is 23.8 Å². The first-order valence-corrected chi connectivity index (χ1v) is 9.33. The summed E-state index contributed by atoms with van der Waals surface area (Å²) in [5.74, 6) is -2.86. The number of rotatable bonds is 5. The number of carboxylic acid groups (broad SMARTS) is 1. The number of carbonyl (C=O) groups is 3. The fourth-order valence-corrected chi connectivity index (χ4v) is 4.73. The second kappa shape index (κ2) is 7.55. The molecule has 0 heterocycles. The number of hydrogen-bond acceptors (Lipinski definition) is 4. The molecule has 6 heteroatoms. The minimum Gasteiger partial charge on any atom is -0.481 e. The van der Waals surface area contributed by atoms with Crippen LogP contribution < -0.4 is 5.32 Å². The highest BCUT2D eigenvalue weighted by Crippen LogP contribution is 2.57. The van der Waals surface area contributed by atoms with Gasteiger partial charge in [-0.05, 0) is 69.7 Å². The van der Waals surface area contributed by atoms with Gasteiger partial charge in [-0.2, -0.15) is 0 Å². The molecule has 4 atom stereocenters. The Labute approximate surface area is 158 Å². The number of carbonyl (C=O) groups excluding carboxylic acids is 2. The molecule has 1 aromatic rings. The topological polar surface area (TPSA) is 92.7 Å². The van der Waals surface area contributed by atoms with Crippen LogP contribution in [0.15, 0.2) is 35.4 Å². The van der Waals surface area contributed by atoms with Crippen molar-refractivity contribution in [2.45, 2.75) is 33.6 Å². The Morgan fingerprint density at radius 3 is 2.19 bits per heavy atom. The van der Waals surface area contributed by atoms with E-state index in [9.17, 15) is 19.5 Å². The van der Waals surface area contributed by atoms with Crippen LogP contribution in [0.3, 0.4) is 0 Å². The molecule has 3 rings (SSSR count). The molecule has 2 saturated carbocycles. The van der Waals surface area contributed by atoms with Gasteiger partial charge in [0.05, 0.1) is 24.0 Å². The normalized spacial score (nSPS) is 26.0. The Kier molecular flexibility index (Phi) is 5.35. The quantitative estimate of drug-likeness (QED) is 0.610. The van der Waals surface area contributed by atoms with Gasteiger partial charge in [0, 0.05) is 5.69 Å². The number of ether oxygens (including phenoxy) is 1. The van der Waals surface area contributed by atoms with Crippen molar-refractivity contribution in [3.63, 3.8) is 0 Å². The van der Waals surface area contributed by atoms with Crippen LogP contribution in [0.2, 0.25) is 0 Å². The van der Waals surface area contributed by atoms with Crippen LogP contribution in [-0.4, -0.2) is 29.6 Å². The molecular weight excluding hydrogens is 346 g/mol. The van der Waals surface area contributed by atoms with Crippen molar-refractivity contribution in [1.29, 1.82) is 0 Å². The first kappa shape index (κ1) is 19.1. The van der Waals surface area contributed by atoms with Gasteiger partial charge in [0.15, 0.2) is 0 Å². The number of nitrogens with one attached hydrogen (secondary N) is 1. The molecule has 2 N–H and O–H groups in total. The zero-order valence-corrected chi connectivity index (χ0v) is 15.8. The minimum absolute atomic E-state index is 0.0000878. The largest absolute Gasteiger partial charge is 0.481 e. The number of carboxylic acids is 1. The molecular formula is C21H25NO5. The van der Waals surface area contributed by atoms with Crippen LogP contribution in [0, 0.1) is 23.7 Å². The van der Waals surface area contributed by atoms with Crippen molar-refractivity contribution in [1.82, 2.24) is 0 Å². The fraction of sp³-hybridized carbons (Fsp3) is 0.476. The summed E-state index contributed by atoms with van der Waals surface area (Å²) in [6.07, 6.45) is 1.69. The van der Waals surface area contributed by atoms with Gasteiger partial charge in [-0.3, -0.25) is 9.59 Å². The molecule has 1 aromatic carbocycles. The van der Waals surface area contributed by atoms with E-state index in [2.05, 4.69) is 5.32 Å². The first-order valence-electron chi connectivity index (χ1n) is 9.33. The van der Waals surface area contributed by atoms with E-state index in [0.29, 0.717) is 17.9 Å². The molecule has 27 heavy (non-hydrogen) atoms. The van der Waals surface area contributed by atoms with E-state index in [-0.39, 0.29) is 17.7 Å². The van der Waals surface area contributed by atoms with Crippen molar-refractivity contribution in [3.05, 3.63) is 41.0 Å². The average molecular weight is 371 g/mol. The van der Waals surface area contributed by atoms with Crippen LogP contribution in [0.25, 0.3) is 0 Å². The maximum atomic E-state index is 12.9. The van der Waals surface area contributed by atoms with Gasteiger partial charge in [0.25, 0.3) is 0 Å². The van der Waals surface area contributed by atoms with Crippen molar-refractivity contribution in [3.8, 4) is 0 Å². The van der Waals surface area contributed by atoms with E-state index in [0.717, 1.165) is 24.0 Å². The Bertz CT molecular complexity index is 791. The summed E-state index contributed by atoms with van der Waals surface area (Å²) in [6.45, 7) is 6.02. The number of amides is 1. The third kappa shape index (κ3) is 3.48. The Morgan fingerprint density at radius 1 is 1.07 bits per heavy atom. The maximum Gasteiger partial charge on any atom is 0.338 e. The number of benzene rings is 1. The van der Waals surface area contributed by atoms with Crippen molar-refractivity contribution >= 4 is 23.5 Å². The Morgan fingerprint density at radius 2 is 1.67 bits per heavy atom. The third-order valence-electron chi connectivity index (χ3n) is 5.67. The highest BCUT2D eigenvalue weighted by atomic mass is 16.5. The van der Waals surface area contributed by atoms with Gasteiger partial charge in [-0.15, -0.1) is 0 Å². The van der Waals surface area contributed by atoms with Gasteiger partial charge in [-0.1, -0.05) is 11.1 Å². The first-order chi connectivity index (χ1) is 12.8. The number of allylic oxidation sites excluding steroid dienone is 2. The zero-order chi connectivity index (χ0) is 19.7. The van der Waals surface area contributed by atoms with Gasteiger partial charge in [-0.25, -0.2) is 4.79 Å². The predicted molar refractivity (Wildman–Crippen MR) is 100 cm³/mol. The molecule has 1 amide bonds. The van der Waals surface area contributed by atoms with Crippen molar-refractivity contribution in [2.24, 2.45) is 23.7 Å². The van der Waals surface area contributed by atoms with Crippen LogP contribution >= 0.6 is 0 Å². The predicted octanol–water partition coefficient (Wildman–Crippen LogP) is 3.50. The summed E-state index contributed by atoms with van der Waals surface area (Å²) in [5, 5.41) is 12.5. The lowest BCUT2D eigenvalue weighted by Crippen LogP contribution is -2.37. The molecule has 2 bridgehead atoms. The Balaban J connectivity index is 1.78. The van der Waals surface area contributed by atoms with Crippen molar-refractivity contribution < 1.29 is 24.2 Å². The monoisotopic (exact) mass is 371 g/mol. The second-order valence-electron chi connectivity index (χ2n) is 7.42. The summed E-state index contributed by atoms with van der Waals surface area (Å²) in [5.41, 5.74) is 3.23. The minimum atomic E-state index is -0.904. The van der Waals surface area contributed by atoms with Crippen LogP contribution in [-0.2, 0) is 14.3 Å². The Hall–Kier alpha value is -2.63. The van der Waals surface area contributed by atoms with Gasteiger partial charge in [0.1, 0.15) is 0 Å². The molecule has 2 fully saturated rings. The number of aliphatic carboxylic acids is 1. The van der Waals surface area contributed by atoms with Crippen LogP contribution in [0.5, 0.6) is 0 Å². The molecule has 0 aromatic heterocycles. The van der Waals surface area contributed by atoms with E-state index in [4.69, 9.17) is 4.74 Å². The summed E-state index contributed by atoms with van der Waals surface area (Å²) in [4.78, 5) is 36.5. The van der Waals surface area contributed by atoms with Gasteiger partial charge >= 0.3 is 11.9 Å². The van der Waals surface area contributed by atoms with E-state index in [1.807, 2.05) is 13.8 Å². The summed E-state index contributed by atoms with van der Waals surface area (Å²) in [7, 11) is 0. The molecule has 144 valence electrons. The lowest BCUT2D eigenvalue weighted by atomic mass is 9.78. The standard InChI is InChI=1S/C21H25NO5/c1-4-27-21(26)12-5-7-13(8-6-12)22-19(23)17-14-9-10-15(16(14)11(2)3)18(17)20(24)25/h5-8,14-15,17-18H,4,9-10H2,1-3H3,(H,22,23)(H,24,25)/t14-,15-,17+,18+/m1/s1.